The maximum absolute atomic E-state index is 4.41. The topological polar surface area (TPSA) is 52.6 Å². The van der Waals surface area contributed by atoms with E-state index in [4.69, 9.17) is 0 Å². The van der Waals surface area contributed by atoms with E-state index in [2.05, 4.69) is 56.7 Å². The van der Waals surface area contributed by atoms with Crippen molar-refractivity contribution in [3.8, 4) is 0 Å². The average Bonchev–Trinajstić information content (AvgIpc) is 3.03. The molecule has 2 N–H and O–H groups in total. The fraction of sp³-hybridized carbons (Fsp3) is 0.412. The van der Waals surface area contributed by atoms with Crippen LogP contribution in [0.1, 0.15) is 22.4 Å². The van der Waals surface area contributed by atoms with Crippen molar-refractivity contribution in [1.82, 2.24) is 15.6 Å². The number of nitrogens with zero attached hydrogens (tertiary/aromatic N) is 3. The van der Waals surface area contributed by atoms with Gasteiger partial charge >= 0.3 is 0 Å². The van der Waals surface area contributed by atoms with Gasteiger partial charge in [0.15, 0.2) is 5.96 Å². The minimum absolute atomic E-state index is 0.697. The maximum atomic E-state index is 4.41. The number of rotatable bonds is 6. The minimum Gasteiger partial charge on any atom is -0.378 e. The summed E-state index contributed by atoms with van der Waals surface area (Å²) in [6.45, 7) is 3.58. The number of anilines is 1. The lowest BCUT2D eigenvalue weighted by molar-refractivity contribution is 0.805. The molecule has 6 heteroatoms. The Morgan fingerprint density at radius 1 is 1.26 bits per heavy atom. The Morgan fingerprint density at radius 3 is 2.70 bits per heavy atom. The van der Waals surface area contributed by atoms with Crippen LogP contribution in [0.25, 0.3) is 0 Å². The molecule has 0 aliphatic heterocycles. The Bertz CT molecular complexity index is 648. The van der Waals surface area contributed by atoms with Crippen LogP contribution in [0.2, 0.25) is 0 Å². The summed E-state index contributed by atoms with van der Waals surface area (Å²) >= 11 is 1.74. The number of hydrogen-bond acceptors (Lipinski definition) is 4. The molecule has 23 heavy (non-hydrogen) atoms. The lowest BCUT2D eigenvalue weighted by Gasteiger charge is -2.15. The van der Waals surface area contributed by atoms with Gasteiger partial charge in [0.2, 0.25) is 0 Å². The molecule has 0 atom stereocenters. The van der Waals surface area contributed by atoms with E-state index in [9.17, 15) is 0 Å². The van der Waals surface area contributed by atoms with Gasteiger partial charge in [0.05, 0.1) is 6.54 Å². The van der Waals surface area contributed by atoms with E-state index in [1.165, 1.54) is 16.1 Å². The highest BCUT2D eigenvalue weighted by Gasteiger charge is 2.03. The van der Waals surface area contributed by atoms with Crippen molar-refractivity contribution in [3.63, 3.8) is 0 Å². The Hall–Kier alpha value is -2.08. The van der Waals surface area contributed by atoms with Gasteiger partial charge in [-0.15, -0.1) is 11.3 Å². The van der Waals surface area contributed by atoms with E-state index in [0.717, 1.165) is 23.9 Å². The smallest absolute Gasteiger partial charge is 0.191 e. The van der Waals surface area contributed by atoms with Gasteiger partial charge in [-0.05, 0) is 24.1 Å². The van der Waals surface area contributed by atoms with Crippen LogP contribution in [0.5, 0.6) is 0 Å². The molecule has 0 unspecified atom stereocenters. The Balaban J connectivity index is 1.86. The van der Waals surface area contributed by atoms with Gasteiger partial charge in [0, 0.05) is 44.4 Å². The molecule has 5 nitrogen and oxygen atoms in total. The molecule has 0 amide bonds. The SMILES string of the molecule is CCc1cnc(CNC(=NC)NCc2cccc(N(C)C)c2)s1. The molecule has 1 heterocycles. The number of aliphatic imine (C=N–C) groups is 1. The summed E-state index contributed by atoms with van der Waals surface area (Å²) in [6.07, 6.45) is 2.98. The van der Waals surface area contributed by atoms with Gasteiger partial charge in [0.1, 0.15) is 5.01 Å². The quantitative estimate of drug-likeness (QED) is 0.631. The van der Waals surface area contributed by atoms with E-state index in [1.54, 1.807) is 18.4 Å². The van der Waals surface area contributed by atoms with E-state index < -0.39 is 0 Å². The molecule has 124 valence electrons. The molecule has 0 saturated heterocycles. The largest absolute Gasteiger partial charge is 0.378 e. The fourth-order valence-corrected chi connectivity index (χ4v) is 2.91. The summed E-state index contributed by atoms with van der Waals surface area (Å²) in [5, 5.41) is 7.73. The Labute approximate surface area is 142 Å². The molecular formula is C17H25N5S. The second-order valence-electron chi connectivity index (χ2n) is 5.42. The third-order valence-corrected chi connectivity index (χ3v) is 4.61. The second-order valence-corrected chi connectivity index (χ2v) is 6.62. The van der Waals surface area contributed by atoms with Crippen LogP contribution in [-0.2, 0) is 19.5 Å². The minimum atomic E-state index is 0.697. The Kier molecular flexibility index (Phi) is 6.40. The monoisotopic (exact) mass is 331 g/mol. The first kappa shape index (κ1) is 17.3. The van der Waals surface area contributed by atoms with Crippen molar-refractivity contribution < 1.29 is 0 Å². The standard InChI is InChI=1S/C17H25N5S/c1-5-15-11-19-16(23-15)12-21-17(18-2)20-10-13-7-6-8-14(9-13)22(3)4/h6-9,11H,5,10,12H2,1-4H3,(H2,18,20,21). The lowest BCUT2D eigenvalue weighted by atomic mass is 10.2. The number of benzene rings is 1. The molecule has 0 saturated carbocycles. The number of thiazole rings is 1. The van der Waals surface area contributed by atoms with E-state index in [0.29, 0.717) is 6.54 Å². The van der Waals surface area contributed by atoms with E-state index in [-0.39, 0.29) is 0 Å². The van der Waals surface area contributed by atoms with Crippen molar-refractivity contribution in [2.45, 2.75) is 26.4 Å². The number of hydrogen-bond donors (Lipinski definition) is 2. The van der Waals surface area contributed by atoms with Gasteiger partial charge in [-0.1, -0.05) is 19.1 Å². The highest BCUT2D eigenvalue weighted by Crippen LogP contribution is 2.14. The molecule has 0 bridgehead atoms. The average molecular weight is 331 g/mol. The van der Waals surface area contributed by atoms with Gasteiger partial charge < -0.3 is 15.5 Å². The van der Waals surface area contributed by atoms with Crippen molar-refractivity contribution in [2.75, 3.05) is 26.0 Å². The third kappa shape index (κ3) is 5.25. The van der Waals surface area contributed by atoms with Crippen molar-refractivity contribution in [2.24, 2.45) is 4.99 Å². The zero-order valence-electron chi connectivity index (χ0n) is 14.3. The molecule has 0 radical (unpaired) electrons. The molecule has 1 aromatic heterocycles. The summed E-state index contributed by atoms with van der Waals surface area (Å²) in [5.41, 5.74) is 2.42. The van der Waals surface area contributed by atoms with Crippen LogP contribution in [0.4, 0.5) is 5.69 Å². The predicted molar refractivity (Wildman–Crippen MR) is 99.3 cm³/mol. The number of aryl methyl sites for hydroxylation is 1. The predicted octanol–water partition coefficient (Wildman–Crippen LogP) is 2.64. The summed E-state index contributed by atoms with van der Waals surface area (Å²) < 4.78 is 0. The normalized spacial score (nSPS) is 11.4. The fourth-order valence-electron chi connectivity index (χ4n) is 2.10. The zero-order chi connectivity index (χ0) is 16.7. The molecule has 0 spiro atoms. The Morgan fingerprint density at radius 2 is 2.04 bits per heavy atom. The maximum Gasteiger partial charge on any atom is 0.191 e. The van der Waals surface area contributed by atoms with Gasteiger partial charge in [-0.3, -0.25) is 4.99 Å². The van der Waals surface area contributed by atoms with Crippen LogP contribution < -0.4 is 15.5 Å². The van der Waals surface area contributed by atoms with E-state index in [1.807, 2.05) is 20.3 Å². The molecule has 0 fully saturated rings. The van der Waals surface area contributed by atoms with Crippen molar-refractivity contribution in [3.05, 3.63) is 45.9 Å². The number of nitrogens with one attached hydrogen (secondary N) is 2. The van der Waals surface area contributed by atoms with Crippen LogP contribution >= 0.6 is 11.3 Å². The molecule has 2 rings (SSSR count). The number of aromatic nitrogens is 1. The van der Waals surface area contributed by atoms with Gasteiger partial charge in [0.25, 0.3) is 0 Å². The first-order chi connectivity index (χ1) is 11.1. The highest BCUT2D eigenvalue weighted by molar-refractivity contribution is 7.11. The third-order valence-electron chi connectivity index (χ3n) is 3.47. The van der Waals surface area contributed by atoms with Crippen molar-refractivity contribution >= 4 is 23.0 Å². The molecule has 0 aliphatic rings. The van der Waals surface area contributed by atoms with Crippen LogP contribution in [-0.4, -0.2) is 32.1 Å². The lowest BCUT2D eigenvalue weighted by Crippen LogP contribution is -2.36. The summed E-state index contributed by atoms with van der Waals surface area (Å²) in [7, 11) is 5.88. The number of guanidine groups is 1. The molecule has 0 aliphatic carbocycles. The summed E-state index contributed by atoms with van der Waals surface area (Å²) in [4.78, 5) is 12.1. The highest BCUT2D eigenvalue weighted by atomic mass is 32.1. The van der Waals surface area contributed by atoms with Crippen LogP contribution in [0.3, 0.4) is 0 Å². The summed E-state index contributed by atoms with van der Waals surface area (Å²) in [5.74, 6) is 0.786. The molecule has 1 aromatic carbocycles. The van der Waals surface area contributed by atoms with Crippen LogP contribution in [0, 0.1) is 0 Å². The van der Waals surface area contributed by atoms with E-state index >= 15 is 0 Å². The summed E-state index contributed by atoms with van der Waals surface area (Å²) in [6, 6.07) is 8.46. The van der Waals surface area contributed by atoms with Crippen LogP contribution in [0.15, 0.2) is 35.5 Å². The van der Waals surface area contributed by atoms with Crippen molar-refractivity contribution in [1.29, 1.82) is 0 Å². The first-order valence-corrected chi connectivity index (χ1v) is 8.58. The zero-order valence-corrected chi connectivity index (χ0v) is 15.1. The molecule has 2 aromatic rings. The van der Waals surface area contributed by atoms with Gasteiger partial charge in [-0.25, -0.2) is 4.98 Å². The first-order valence-electron chi connectivity index (χ1n) is 7.76. The molecular weight excluding hydrogens is 306 g/mol. The van der Waals surface area contributed by atoms with Gasteiger partial charge in [-0.2, -0.15) is 0 Å². The second kappa shape index (κ2) is 8.53.